The van der Waals surface area contributed by atoms with Crippen molar-refractivity contribution in [2.45, 2.75) is 39.2 Å². The highest BCUT2D eigenvalue weighted by molar-refractivity contribution is 5.78. The molecule has 2 heterocycles. The number of carbonyl (C=O) groups is 1. The number of hydrogen-bond acceptors (Lipinski definition) is 4. The Morgan fingerprint density at radius 1 is 1.08 bits per heavy atom. The van der Waals surface area contributed by atoms with E-state index in [0.29, 0.717) is 6.54 Å². The summed E-state index contributed by atoms with van der Waals surface area (Å²) in [7, 11) is 0. The van der Waals surface area contributed by atoms with Crippen LogP contribution in [0, 0.1) is 0 Å². The molecule has 1 atom stereocenters. The Bertz CT molecular complexity index is 583. The van der Waals surface area contributed by atoms with Gasteiger partial charge in [-0.2, -0.15) is 0 Å². The standard InChI is InChI=1S/C21H34N4O/c1-3-18(2)22-21(26)17-24-13-11-23(12-14-24)15-16-25-10-6-8-19-7-4-5-9-20(19)25/h4-5,7,9,18H,3,6,8,10-17H2,1-2H3,(H,22,26)/t18-/m1/s1. The molecule has 0 bridgehead atoms. The molecule has 1 aromatic carbocycles. The van der Waals surface area contributed by atoms with Gasteiger partial charge in [-0.15, -0.1) is 0 Å². The van der Waals surface area contributed by atoms with E-state index < -0.39 is 0 Å². The number of piperazine rings is 1. The quantitative estimate of drug-likeness (QED) is 0.809. The van der Waals surface area contributed by atoms with Crippen LogP contribution in [-0.2, 0) is 11.2 Å². The third kappa shape index (κ3) is 5.21. The van der Waals surface area contributed by atoms with E-state index in [2.05, 4.69) is 58.1 Å². The minimum atomic E-state index is 0.165. The first-order valence-corrected chi connectivity index (χ1v) is 10.2. The van der Waals surface area contributed by atoms with E-state index in [9.17, 15) is 4.79 Å². The van der Waals surface area contributed by atoms with Gasteiger partial charge in [-0.25, -0.2) is 0 Å². The van der Waals surface area contributed by atoms with Crippen LogP contribution in [0.3, 0.4) is 0 Å². The van der Waals surface area contributed by atoms with Crippen LogP contribution in [-0.4, -0.2) is 74.1 Å². The Labute approximate surface area is 158 Å². The first kappa shape index (κ1) is 19.2. The van der Waals surface area contributed by atoms with Crippen LogP contribution in [0.25, 0.3) is 0 Å². The van der Waals surface area contributed by atoms with Gasteiger partial charge in [-0.1, -0.05) is 25.1 Å². The Hall–Kier alpha value is -1.59. The maximum absolute atomic E-state index is 12.0. The fraction of sp³-hybridized carbons (Fsp3) is 0.667. The second-order valence-electron chi connectivity index (χ2n) is 7.71. The zero-order valence-corrected chi connectivity index (χ0v) is 16.4. The van der Waals surface area contributed by atoms with Gasteiger partial charge in [-0.3, -0.25) is 14.6 Å². The molecule has 5 heteroatoms. The van der Waals surface area contributed by atoms with Gasteiger partial charge in [0, 0.05) is 57.5 Å². The van der Waals surface area contributed by atoms with Crippen molar-refractivity contribution in [2.24, 2.45) is 0 Å². The van der Waals surface area contributed by atoms with Crippen molar-refractivity contribution < 1.29 is 4.79 Å². The van der Waals surface area contributed by atoms with E-state index in [-0.39, 0.29) is 11.9 Å². The Kier molecular flexibility index (Phi) is 6.92. The maximum atomic E-state index is 12.0. The van der Waals surface area contributed by atoms with Crippen molar-refractivity contribution in [3.8, 4) is 0 Å². The van der Waals surface area contributed by atoms with Crippen LogP contribution in [0.1, 0.15) is 32.3 Å². The summed E-state index contributed by atoms with van der Waals surface area (Å²) in [5.41, 5.74) is 2.93. The fourth-order valence-electron chi connectivity index (χ4n) is 3.90. The summed E-state index contributed by atoms with van der Waals surface area (Å²) in [4.78, 5) is 19.4. The molecule has 144 valence electrons. The molecule has 0 radical (unpaired) electrons. The number of carbonyl (C=O) groups excluding carboxylic acids is 1. The topological polar surface area (TPSA) is 38.8 Å². The number of para-hydroxylation sites is 1. The number of nitrogens with one attached hydrogen (secondary N) is 1. The van der Waals surface area contributed by atoms with Gasteiger partial charge < -0.3 is 10.2 Å². The fourth-order valence-corrected chi connectivity index (χ4v) is 3.90. The molecule has 3 rings (SSSR count). The third-order valence-corrected chi connectivity index (χ3v) is 5.74. The molecule has 0 unspecified atom stereocenters. The smallest absolute Gasteiger partial charge is 0.234 e. The van der Waals surface area contributed by atoms with Gasteiger partial charge in [0.2, 0.25) is 5.91 Å². The van der Waals surface area contributed by atoms with Crippen LogP contribution >= 0.6 is 0 Å². The summed E-state index contributed by atoms with van der Waals surface area (Å²) in [6.07, 6.45) is 3.46. The Balaban J connectivity index is 1.39. The minimum absolute atomic E-state index is 0.165. The molecule has 1 fully saturated rings. The minimum Gasteiger partial charge on any atom is -0.370 e. The average molecular weight is 359 g/mol. The number of aryl methyl sites for hydroxylation is 1. The van der Waals surface area contributed by atoms with E-state index in [4.69, 9.17) is 0 Å². The third-order valence-electron chi connectivity index (χ3n) is 5.74. The molecule has 2 aliphatic rings. The van der Waals surface area contributed by atoms with E-state index >= 15 is 0 Å². The Morgan fingerprint density at radius 2 is 1.81 bits per heavy atom. The van der Waals surface area contributed by atoms with Gasteiger partial charge >= 0.3 is 0 Å². The number of nitrogens with zero attached hydrogens (tertiary/aromatic N) is 3. The van der Waals surface area contributed by atoms with Gasteiger partial charge in [0.25, 0.3) is 0 Å². The summed E-state index contributed by atoms with van der Waals surface area (Å²) in [6, 6.07) is 9.11. The summed E-state index contributed by atoms with van der Waals surface area (Å²) < 4.78 is 0. The van der Waals surface area contributed by atoms with Crippen LogP contribution in [0.15, 0.2) is 24.3 Å². The summed E-state index contributed by atoms with van der Waals surface area (Å²) in [6.45, 7) is 12.2. The predicted molar refractivity (Wildman–Crippen MR) is 108 cm³/mol. The first-order valence-electron chi connectivity index (χ1n) is 10.2. The van der Waals surface area contributed by atoms with Crippen molar-refractivity contribution in [1.82, 2.24) is 15.1 Å². The van der Waals surface area contributed by atoms with Crippen molar-refractivity contribution in [3.05, 3.63) is 29.8 Å². The zero-order valence-electron chi connectivity index (χ0n) is 16.4. The van der Waals surface area contributed by atoms with Crippen molar-refractivity contribution in [3.63, 3.8) is 0 Å². The number of fused-ring (bicyclic) bond motifs is 1. The second-order valence-corrected chi connectivity index (χ2v) is 7.71. The lowest BCUT2D eigenvalue weighted by Gasteiger charge is -2.37. The number of rotatable bonds is 7. The van der Waals surface area contributed by atoms with Gasteiger partial charge in [-0.05, 0) is 37.8 Å². The highest BCUT2D eigenvalue weighted by atomic mass is 16.2. The number of benzene rings is 1. The molecule has 0 aliphatic carbocycles. The summed E-state index contributed by atoms with van der Waals surface area (Å²) in [5, 5.41) is 3.06. The molecular weight excluding hydrogens is 324 g/mol. The van der Waals surface area contributed by atoms with Gasteiger partial charge in [0.1, 0.15) is 0 Å². The van der Waals surface area contributed by atoms with Crippen LogP contribution < -0.4 is 10.2 Å². The molecular formula is C21H34N4O. The molecule has 5 nitrogen and oxygen atoms in total. The van der Waals surface area contributed by atoms with Crippen LogP contribution in [0.2, 0.25) is 0 Å². The predicted octanol–water partition coefficient (Wildman–Crippen LogP) is 1.97. The molecule has 1 saturated heterocycles. The highest BCUT2D eigenvalue weighted by Gasteiger charge is 2.21. The van der Waals surface area contributed by atoms with Crippen molar-refractivity contribution >= 4 is 11.6 Å². The van der Waals surface area contributed by atoms with E-state index in [1.165, 1.54) is 30.6 Å². The normalized spacial score (nSPS) is 19.8. The number of hydrogen-bond donors (Lipinski definition) is 1. The summed E-state index contributed by atoms with van der Waals surface area (Å²) >= 11 is 0. The van der Waals surface area contributed by atoms with E-state index in [1.807, 2.05) is 0 Å². The molecule has 0 saturated carbocycles. The molecule has 0 spiro atoms. The maximum Gasteiger partial charge on any atom is 0.234 e. The lowest BCUT2D eigenvalue weighted by atomic mass is 10.0. The van der Waals surface area contributed by atoms with Gasteiger partial charge in [0.05, 0.1) is 6.54 Å². The average Bonchev–Trinajstić information content (AvgIpc) is 2.67. The lowest BCUT2D eigenvalue weighted by molar-refractivity contribution is -0.123. The number of amides is 1. The molecule has 26 heavy (non-hydrogen) atoms. The molecule has 1 N–H and O–H groups in total. The number of anilines is 1. The van der Waals surface area contributed by atoms with E-state index in [0.717, 1.165) is 45.7 Å². The molecule has 0 aromatic heterocycles. The SMILES string of the molecule is CC[C@@H](C)NC(=O)CN1CCN(CCN2CCCc3ccccc32)CC1. The van der Waals surface area contributed by atoms with Crippen LogP contribution in [0.4, 0.5) is 5.69 Å². The van der Waals surface area contributed by atoms with E-state index in [1.54, 1.807) is 0 Å². The van der Waals surface area contributed by atoms with Gasteiger partial charge in [0.15, 0.2) is 0 Å². The summed E-state index contributed by atoms with van der Waals surface area (Å²) in [5.74, 6) is 0.165. The molecule has 2 aliphatic heterocycles. The lowest BCUT2D eigenvalue weighted by Crippen LogP contribution is -2.51. The Morgan fingerprint density at radius 3 is 2.58 bits per heavy atom. The first-order chi connectivity index (χ1) is 12.7. The monoisotopic (exact) mass is 358 g/mol. The van der Waals surface area contributed by atoms with Crippen LogP contribution in [0.5, 0.6) is 0 Å². The van der Waals surface area contributed by atoms with Crippen molar-refractivity contribution in [2.75, 3.05) is 57.3 Å². The highest BCUT2D eigenvalue weighted by Crippen LogP contribution is 2.26. The zero-order chi connectivity index (χ0) is 18.4. The second kappa shape index (κ2) is 9.38. The van der Waals surface area contributed by atoms with Crippen molar-refractivity contribution in [1.29, 1.82) is 0 Å². The largest absolute Gasteiger partial charge is 0.370 e. The molecule has 1 amide bonds. The molecule has 1 aromatic rings.